The Bertz CT molecular complexity index is 1150. The van der Waals surface area contributed by atoms with Gasteiger partial charge in [-0.1, -0.05) is 26.0 Å². The van der Waals surface area contributed by atoms with Gasteiger partial charge in [-0.2, -0.15) is 0 Å². The number of aromatic nitrogens is 1. The predicted octanol–water partition coefficient (Wildman–Crippen LogP) is 4.00. The highest BCUT2D eigenvalue weighted by atomic mass is 16.2. The van der Waals surface area contributed by atoms with E-state index in [1.165, 1.54) is 4.90 Å². The largest absolute Gasteiger partial charge is 0.347 e. The molecule has 3 aromatic rings. The number of para-hydroxylation sites is 2. The van der Waals surface area contributed by atoms with E-state index in [2.05, 4.69) is 35.2 Å². The molecule has 4 rings (SSSR count). The molecule has 0 radical (unpaired) electrons. The quantitative estimate of drug-likeness (QED) is 0.635. The van der Waals surface area contributed by atoms with Gasteiger partial charge in [0.2, 0.25) is 17.7 Å². The fourth-order valence-electron chi connectivity index (χ4n) is 3.87. The van der Waals surface area contributed by atoms with Crippen LogP contribution in [0.25, 0.3) is 10.9 Å². The third-order valence-corrected chi connectivity index (χ3v) is 5.25. The van der Waals surface area contributed by atoms with Crippen molar-refractivity contribution in [1.82, 2.24) is 4.57 Å². The van der Waals surface area contributed by atoms with Gasteiger partial charge in [-0.05, 0) is 42.3 Å². The Kier molecular flexibility index (Phi) is 5.75. The van der Waals surface area contributed by atoms with Gasteiger partial charge in [-0.15, -0.1) is 0 Å². The molecule has 0 bridgehead atoms. The summed E-state index contributed by atoms with van der Waals surface area (Å²) in [5.74, 6) is -0.178. The normalized spacial score (nSPS) is 13.3. The van der Waals surface area contributed by atoms with Crippen molar-refractivity contribution in [3.8, 4) is 0 Å². The maximum Gasteiger partial charge on any atom is 0.244 e. The molecule has 0 spiro atoms. The van der Waals surface area contributed by atoms with Gasteiger partial charge >= 0.3 is 0 Å². The average molecular weight is 418 g/mol. The molecule has 3 amide bonds. The molecule has 0 saturated heterocycles. The van der Waals surface area contributed by atoms with Crippen LogP contribution in [0.5, 0.6) is 0 Å². The molecule has 31 heavy (non-hydrogen) atoms. The van der Waals surface area contributed by atoms with E-state index in [4.69, 9.17) is 0 Å². The first-order chi connectivity index (χ1) is 14.9. The van der Waals surface area contributed by atoms with Crippen LogP contribution < -0.4 is 15.5 Å². The van der Waals surface area contributed by atoms with Crippen molar-refractivity contribution in [3.05, 3.63) is 54.7 Å². The molecule has 0 aliphatic carbocycles. The second-order valence-electron chi connectivity index (χ2n) is 8.23. The van der Waals surface area contributed by atoms with Crippen LogP contribution in [0, 0.1) is 5.92 Å². The minimum Gasteiger partial charge on any atom is -0.347 e. The van der Waals surface area contributed by atoms with Crippen molar-refractivity contribution in [2.24, 2.45) is 5.92 Å². The third kappa shape index (κ3) is 4.60. The van der Waals surface area contributed by atoms with Crippen molar-refractivity contribution in [2.45, 2.75) is 33.2 Å². The number of hydrogen-bond acceptors (Lipinski definition) is 3. The zero-order valence-electron chi connectivity index (χ0n) is 17.7. The minimum absolute atomic E-state index is 0.0282. The molecule has 2 aromatic carbocycles. The first-order valence-corrected chi connectivity index (χ1v) is 10.5. The molecular weight excluding hydrogens is 392 g/mol. The minimum atomic E-state index is -0.251. The number of hydrogen-bond donors (Lipinski definition) is 2. The molecule has 7 heteroatoms. The van der Waals surface area contributed by atoms with E-state index in [1.54, 1.807) is 18.2 Å². The standard InChI is InChI=1S/C24H26N4O3/c1-16(2)14-27-12-11-17-13-18(7-8-20(17)27)25-22(29)9-10-24(31)28-15-23(30)26-19-5-3-4-6-21(19)28/h3-8,11-13,16H,9-10,14-15H2,1-2H3,(H,25,29)(H,26,30). The SMILES string of the molecule is CC(C)Cn1ccc2cc(NC(=O)CCC(=O)N3CC(=O)Nc4ccccc43)ccc21. The first kappa shape index (κ1) is 20.7. The highest BCUT2D eigenvalue weighted by Gasteiger charge is 2.26. The molecule has 2 N–H and O–H groups in total. The third-order valence-electron chi connectivity index (χ3n) is 5.25. The van der Waals surface area contributed by atoms with Crippen LogP contribution in [0.15, 0.2) is 54.7 Å². The Morgan fingerprint density at radius 2 is 1.90 bits per heavy atom. The van der Waals surface area contributed by atoms with Gasteiger partial charge in [-0.25, -0.2) is 0 Å². The lowest BCUT2D eigenvalue weighted by molar-refractivity contribution is -0.124. The van der Waals surface area contributed by atoms with Gasteiger partial charge in [0.05, 0.1) is 11.4 Å². The molecule has 1 aliphatic heterocycles. The number of anilines is 3. The first-order valence-electron chi connectivity index (χ1n) is 10.5. The lowest BCUT2D eigenvalue weighted by atomic mass is 10.1. The average Bonchev–Trinajstić information content (AvgIpc) is 3.12. The van der Waals surface area contributed by atoms with Crippen LogP contribution in [0.4, 0.5) is 17.1 Å². The van der Waals surface area contributed by atoms with E-state index < -0.39 is 0 Å². The van der Waals surface area contributed by atoms with Crippen LogP contribution in [-0.2, 0) is 20.9 Å². The Morgan fingerprint density at radius 3 is 2.71 bits per heavy atom. The van der Waals surface area contributed by atoms with Crippen LogP contribution in [0.3, 0.4) is 0 Å². The maximum atomic E-state index is 12.7. The Labute approximate surface area is 181 Å². The predicted molar refractivity (Wildman–Crippen MR) is 122 cm³/mol. The van der Waals surface area contributed by atoms with Gasteiger partial charge in [0.15, 0.2) is 0 Å². The fraction of sp³-hybridized carbons (Fsp3) is 0.292. The fourth-order valence-corrected chi connectivity index (χ4v) is 3.87. The number of fused-ring (bicyclic) bond motifs is 2. The van der Waals surface area contributed by atoms with E-state index >= 15 is 0 Å². The second-order valence-corrected chi connectivity index (χ2v) is 8.23. The smallest absolute Gasteiger partial charge is 0.244 e. The Balaban J connectivity index is 1.37. The van der Waals surface area contributed by atoms with E-state index in [9.17, 15) is 14.4 Å². The molecule has 2 heterocycles. The molecular formula is C24H26N4O3. The van der Waals surface area contributed by atoms with Crippen molar-refractivity contribution in [2.75, 3.05) is 22.1 Å². The van der Waals surface area contributed by atoms with Crippen molar-refractivity contribution in [3.63, 3.8) is 0 Å². The zero-order valence-corrected chi connectivity index (χ0v) is 17.7. The summed E-state index contributed by atoms with van der Waals surface area (Å²) < 4.78 is 2.21. The van der Waals surface area contributed by atoms with Crippen molar-refractivity contribution in [1.29, 1.82) is 0 Å². The molecule has 0 fully saturated rings. The number of benzene rings is 2. The second kappa shape index (κ2) is 8.63. The lowest BCUT2D eigenvalue weighted by Gasteiger charge is -2.29. The van der Waals surface area contributed by atoms with Crippen molar-refractivity contribution >= 4 is 45.7 Å². The number of carbonyl (C=O) groups excluding carboxylic acids is 3. The van der Waals surface area contributed by atoms with E-state index in [1.807, 2.05) is 30.3 Å². The topological polar surface area (TPSA) is 83.4 Å². The number of amides is 3. The summed E-state index contributed by atoms with van der Waals surface area (Å²) in [7, 11) is 0. The molecule has 7 nitrogen and oxygen atoms in total. The summed E-state index contributed by atoms with van der Waals surface area (Å²) in [6.45, 7) is 5.25. The molecule has 1 aliphatic rings. The molecule has 0 atom stereocenters. The number of carbonyl (C=O) groups is 3. The summed E-state index contributed by atoms with van der Waals surface area (Å²) >= 11 is 0. The van der Waals surface area contributed by atoms with Gasteiger partial charge in [0, 0.05) is 42.2 Å². The maximum absolute atomic E-state index is 12.7. The molecule has 0 unspecified atom stereocenters. The van der Waals surface area contributed by atoms with Gasteiger partial charge in [-0.3, -0.25) is 14.4 Å². The van der Waals surface area contributed by atoms with Gasteiger partial charge < -0.3 is 20.1 Å². The number of rotatable bonds is 6. The van der Waals surface area contributed by atoms with Crippen LogP contribution in [0.2, 0.25) is 0 Å². The van der Waals surface area contributed by atoms with E-state index in [-0.39, 0.29) is 37.1 Å². The highest BCUT2D eigenvalue weighted by molar-refractivity contribution is 6.10. The lowest BCUT2D eigenvalue weighted by Crippen LogP contribution is -2.42. The summed E-state index contributed by atoms with van der Waals surface area (Å²) in [5.41, 5.74) is 3.09. The number of nitrogens with zero attached hydrogens (tertiary/aromatic N) is 2. The molecule has 1 aromatic heterocycles. The summed E-state index contributed by atoms with van der Waals surface area (Å²) in [6, 6.07) is 15.0. The Hall–Kier alpha value is -3.61. The molecule has 160 valence electrons. The zero-order chi connectivity index (χ0) is 22.0. The van der Waals surface area contributed by atoms with Crippen molar-refractivity contribution < 1.29 is 14.4 Å². The van der Waals surface area contributed by atoms with Gasteiger partial charge in [0.25, 0.3) is 0 Å². The van der Waals surface area contributed by atoms with E-state index in [0.29, 0.717) is 23.0 Å². The van der Waals surface area contributed by atoms with E-state index in [0.717, 1.165) is 17.4 Å². The summed E-state index contributed by atoms with van der Waals surface area (Å²) in [5, 5.41) is 6.69. The summed E-state index contributed by atoms with van der Waals surface area (Å²) in [4.78, 5) is 38.5. The Morgan fingerprint density at radius 1 is 1.10 bits per heavy atom. The van der Waals surface area contributed by atoms with Crippen LogP contribution >= 0.6 is 0 Å². The molecule has 0 saturated carbocycles. The highest BCUT2D eigenvalue weighted by Crippen LogP contribution is 2.29. The van der Waals surface area contributed by atoms with Crippen LogP contribution in [0.1, 0.15) is 26.7 Å². The summed E-state index contributed by atoms with van der Waals surface area (Å²) in [6.07, 6.45) is 2.13. The number of nitrogens with one attached hydrogen (secondary N) is 2. The monoisotopic (exact) mass is 418 g/mol. The van der Waals surface area contributed by atoms with Crippen LogP contribution in [-0.4, -0.2) is 28.8 Å². The van der Waals surface area contributed by atoms with Gasteiger partial charge in [0.1, 0.15) is 6.54 Å².